The number of anilines is 1. The zero-order chi connectivity index (χ0) is 21.4. The molecule has 1 aliphatic carbocycles. The summed E-state index contributed by atoms with van der Waals surface area (Å²) < 4.78 is 0. The number of rotatable bonds is 4. The van der Waals surface area contributed by atoms with Gasteiger partial charge in [-0.15, -0.1) is 0 Å². The molecule has 0 aliphatic heterocycles. The molecule has 5 nitrogen and oxygen atoms in total. The normalized spacial score (nSPS) is 11.2. The van der Waals surface area contributed by atoms with Crippen LogP contribution in [0.4, 0.5) is 5.69 Å². The molecule has 0 heterocycles. The van der Waals surface area contributed by atoms with Crippen LogP contribution in [-0.2, 0) is 11.2 Å². The fraction of sp³-hybridized carbons (Fsp3) is 0.0800. The van der Waals surface area contributed by atoms with Crippen molar-refractivity contribution in [2.75, 3.05) is 5.32 Å². The predicted octanol–water partition coefficient (Wildman–Crippen LogP) is 4.33. The van der Waals surface area contributed by atoms with Gasteiger partial charge in [0.05, 0.1) is 11.6 Å². The van der Waals surface area contributed by atoms with Gasteiger partial charge in [-0.25, -0.2) is 0 Å². The van der Waals surface area contributed by atoms with Gasteiger partial charge in [-0.05, 0) is 82.6 Å². The molecule has 2 amide bonds. The SMILES string of the molecule is C=CC(=O)Nc1cccc(-c2ccc(C(N)=O)c3c2-c2ccc(C#N)cc2C3)c1C. The zero-order valence-electron chi connectivity index (χ0n) is 16.5. The number of amides is 2. The molecule has 0 saturated carbocycles. The van der Waals surface area contributed by atoms with E-state index in [0.29, 0.717) is 23.2 Å². The lowest BCUT2D eigenvalue weighted by atomic mass is 9.89. The Balaban J connectivity index is 1.96. The van der Waals surface area contributed by atoms with Gasteiger partial charge >= 0.3 is 0 Å². The molecule has 0 radical (unpaired) electrons. The zero-order valence-corrected chi connectivity index (χ0v) is 16.5. The van der Waals surface area contributed by atoms with Gasteiger partial charge in [0.1, 0.15) is 0 Å². The number of fused-ring (bicyclic) bond motifs is 3. The van der Waals surface area contributed by atoms with E-state index in [9.17, 15) is 14.9 Å². The average molecular weight is 393 g/mol. The Bertz CT molecular complexity index is 1280. The van der Waals surface area contributed by atoms with E-state index in [-0.39, 0.29) is 5.91 Å². The third-order valence-corrected chi connectivity index (χ3v) is 5.52. The van der Waals surface area contributed by atoms with Crippen molar-refractivity contribution in [1.82, 2.24) is 0 Å². The van der Waals surface area contributed by atoms with E-state index in [2.05, 4.69) is 18.0 Å². The minimum absolute atomic E-state index is 0.279. The number of nitrogens with zero attached hydrogens (tertiary/aromatic N) is 1. The Morgan fingerprint density at radius 2 is 1.90 bits per heavy atom. The molecule has 146 valence electrons. The van der Waals surface area contributed by atoms with Crippen molar-refractivity contribution in [2.24, 2.45) is 5.73 Å². The number of hydrogen-bond acceptors (Lipinski definition) is 3. The Morgan fingerprint density at radius 3 is 2.60 bits per heavy atom. The summed E-state index contributed by atoms with van der Waals surface area (Å²) in [6.45, 7) is 5.44. The van der Waals surface area contributed by atoms with E-state index in [1.165, 1.54) is 6.08 Å². The summed E-state index contributed by atoms with van der Waals surface area (Å²) in [5, 5.41) is 12.1. The molecule has 1 aliphatic rings. The van der Waals surface area contributed by atoms with Gasteiger partial charge in [-0.2, -0.15) is 5.26 Å². The number of benzene rings is 3. The number of nitriles is 1. The van der Waals surface area contributed by atoms with Crippen LogP contribution in [0.3, 0.4) is 0 Å². The van der Waals surface area contributed by atoms with E-state index in [0.717, 1.165) is 38.9 Å². The highest BCUT2D eigenvalue weighted by molar-refractivity contribution is 6.03. The van der Waals surface area contributed by atoms with Crippen molar-refractivity contribution in [3.63, 3.8) is 0 Å². The van der Waals surface area contributed by atoms with Gasteiger partial charge in [-0.1, -0.05) is 30.8 Å². The lowest BCUT2D eigenvalue weighted by molar-refractivity contribution is -0.111. The monoisotopic (exact) mass is 393 g/mol. The van der Waals surface area contributed by atoms with E-state index >= 15 is 0 Å². The second-order valence-corrected chi connectivity index (χ2v) is 7.21. The van der Waals surface area contributed by atoms with Crippen molar-refractivity contribution < 1.29 is 9.59 Å². The molecule has 3 aromatic carbocycles. The van der Waals surface area contributed by atoms with Crippen molar-refractivity contribution in [1.29, 1.82) is 5.26 Å². The second kappa shape index (κ2) is 7.34. The van der Waals surface area contributed by atoms with Crippen LogP contribution in [0.2, 0.25) is 0 Å². The number of nitrogens with two attached hydrogens (primary N) is 1. The van der Waals surface area contributed by atoms with Crippen LogP contribution in [0.25, 0.3) is 22.3 Å². The molecule has 0 unspecified atom stereocenters. The fourth-order valence-electron chi connectivity index (χ4n) is 4.08. The van der Waals surface area contributed by atoms with Crippen LogP contribution in [0.1, 0.15) is 32.6 Å². The van der Waals surface area contributed by atoms with Crippen molar-refractivity contribution in [2.45, 2.75) is 13.3 Å². The average Bonchev–Trinajstić information content (AvgIpc) is 3.13. The molecule has 0 saturated heterocycles. The first-order chi connectivity index (χ1) is 14.4. The van der Waals surface area contributed by atoms with Crippen LogP contribution in [0.5, 0.6) is 0 Å². The minimum atomic E-state index is -0.477. The molecule has 0 spiro atoms. The Labute approximate surface area is 174 Å². The second-order valence-electron chi connectivity index (χ2n) is 7.21. The van der Waals surface area contributed by atoms with E-state index < -0.39 is 5.91 Å². The van der Waals surface area contributed by atoms with Crippen LogP contribution >= 0.6 is 0 Å². The highest BCUT2D eigenvalue weighted by Gasteiger charge is 2.27. The summed E-state index contributed by atoms with van der Waals surface area (Å²) in [5.41, 5.74) is 14.0. The summed E-state index contributed by atoms with van der Waals surface area (Å²) >= 11 is 0. The molecule has 4 rings (SSSR count). The lowest BCUT2D eigenvalue weighted by Gasteiger charge is -2.17. The molecular weight excluding hydrogens is 374 g/mol. The molecule has 0 aromatic heterocycles. The maximum atomic E-state index is 12.1. The van der Waals surface area contributed by atoms with Crippen LogP contribution in [0, 0.1) is 18.3 Å². The van der Waals surface area contributed by atoms with Gasteiger partial charge in [-0.3, -0.25) is 9.59 Å². The van der Waals surface area contributed by atoms with Gasteiger partial charge < -0.3 is 11.1 Å². The third kappa shape index (κ3) is 3.05. The predicted molar refractivity (Wildman–Crippen MR) is 117 cm³/mol. The maximum Gasteiger partial charge on any atom is 0.249 e. The maximum absolute atomic E-state index is 12.1. The number of carbonyl (C=O) groups is 2. The largest absolute Gasteiger partial charge is 0.366 e. The number of primary amides is 1. The smallest absolute Gasteiger partial charge is 0.249 e. The molecule has 5 heteroatoms. The van der Waals surface area contributed by atoms with Crippen molar-refractivity contribution >= 4 is 17.5 Å². The van der Waals surface area contributed by atoms with Crippen molar-refractivity contribution in [3.8, 4) is 28.3 Å². The first kappa shape index (κ1) is 19.2. The fourth-order valence-corrected chi connectivity index (χ4v) is 4.08. The Morgan fingerprint density at radius 1 is 1.13 bits per heavy atom. The van der Waals surface area contributed by atoms with E-state index in [1.54, 1.807) is 12.1 Å². The topological polar surface area (TPSA) is 96.0 Å². The molecule has 30 heavy (non-hydrogen) atoms. The highest BCUT2D eigenvalue weighted by Crippen LogP contribution is 2.46. The van der Waals surface area contributed by atoms with Gasteiger partial charge in [0.25, 0.3) is 0 Å². The molecule has 0 atom stereocenters. The molecule has 3 N–H and O–H groups in total. The Hall–Kier alpha value is -4.17. The summed E-state index contributed by atoms with van der Waals surface area (Å²) in [7, 11) is 0. The van der Waals surface area contributed by atoms with Crippen LogP contribution < -0.4 is 11.1 Å². The van der Waals surface area contributed by atoms with Gasteiger partial charge in [0, 0.05) is 11.3 Å². The molecular formula is C25H19N3O2. The Kier molecular flexibility index (Phi) is 4.69. The molecule has 0 fully saturated rings. The molecule has 3 aromatic rings. The summed E-state index contributed by atoms with van der Waals surface area (Å²) in [6.07, 6.45) is 1.77. The summed E-state index contributed by atoms with van der Waals surface area (Å²) in [5.74, 6) is -0.756. The highest BCUT2D eigenvalue weighted by atomic mass is 16.1. The summed E-state index contributed by atoms with van der Waals surface area (Å²) in [4.78, 5) is 23.9. The van der Waals surface area contributed by atoms with Crippen LogP contribution in [-0.4, -0.2) is 11.8 Å². The van der Waals surface area contributed by atoms with Crippen molar-refractivity contribution in [3.05, 3.63) is 89.0 Å². The van der Waals surface area contributed by atoms with E-state index in [1.807, 2.05) is 43.3 Å². The minimum Gasteiger partial charge on any atom is -0.366 e. The van der Waals surface area contributed by atoms with Crippen LogP contribution in [0.15, 0.2) is 61.2 Å². The van der Waals surface area contributed by atoms with E-state index in [4.69, 9.17) is 5.73 Å². The summed E-state index contributed by atoms with van der Waals surface area (Å²) in [6, 6.07) is 17.1. The first-order valence-electron chi connectivity index (χ1n) is 9.47. The number of nitrogens with one attached hydrogen (secondary N) is 1. The van der Waals surface area contributed by atoms with Gasteiger partial charge in [0.2, 0.25) is 11.8 Å². The quantitative estimate of drug-likeness (QED) is 0.505. The third-order valence-electron chi connectivity index (χ3n) is 5.52. The standard InChI is InChI=1S/C25H19N3O2/c1-3-23(29)28-22-6-4-5-17(14(22)2)19-9-10-20(25(27)30)21-12-16-11-15(13-26)7-8-18(16)24(19)21/h3-11H,1,12H2,2H3,(H2,27,30)(H,28,29). The molecule has 0 bridgehead atoms. The van der Waals surface area contributed by atoms with Gasteiger partial charge in [0.15, 0.2) is 0 Å². The lowest BCUT2D eigenvalue weighted by Crippen LogP contribution is -2.14. The first-order valence-corrected chi connectivity index (χ1v) is 9.47. The number of carbonyl (C=O) groups excluding carboxylic acids is 2. The number of hydrogen-bond donors (Lipinski definition) is 2.